The molecule has 0 spiro atoms. The van der Waals surface area contributed by atoms with E-state index in [1.807, 2.05) is 54.6 Å². The van der Waals surface area contributed by atoms with Crippen molar-refractivity contribution >= 4 is 52.7 Å². The zero-order chi connectivity index (χ0) is 43.3. The maximum Gasteiger partial charge on any atom is 0.328 e. The van der Waals surface area contributed by atoms with Gasteiger partial charge in [0.25, 0.3) is 0 Å². The fourth-order valence-corrected chi connectivity index (χ4v) is 5.90. The van der Waals surface area contributed by atoms with Gasteiger partial charge in [-0.05, 0) is 62.1 Å². The van der Waals surface area contributed by atoms with Crippen LogP contribution in [0.3, 0.4) is 0 Å². The van der Waals surface area contributed by atoms with Crippen LogP contribution in [0, 0.1) is 0 Å². The minimum absolute atomic E-state index is 0.320. The molecule has 0 unspecified atom stereocenters. The fraction of sp³-hybridized carbons (Fsp3) is 0.256. The topological polar surface area (TPSA) is 318 Å². The number of benzene rings is 2. The Hall–Kier alpha value is -7.45. The molecule has 9 N–H and O–H groups in total. The van der Waals surface area contributed by atoms with E-state index in [1.54, 1.807) is 6.33 Å². The molecule has 2 aromatic heterocycles. The summed E-state index contributed by atoms with van der Waals surface area (Å²) in [5.74, 6) is -5.49. The van der Waals surface area contributed by atoms with E-state index in [9.17, 15) is 28.8 Å². The van der Waals surface area contributed by atoms with Gasteiger partial charge in [-0.15, -0.1) is 0 Å². The molecule has 0 bridgehead atoms. The molecule has 312 valence electrons. The number of ether oxygens (including phenoxy) is 1. The van der Waals surface area contributed by atoms with Crippen molar-refractivity contribution in [3.63, 3.8) is 0 Å². The summed E-state index contributed by atoms with van der Waals surface area (Å²) in [5, 5.41) is 56.2. The molecule has 2 aromatic carbocycles. The Kier molecular flexibility index (Phi) is 18.4. The summed E-state index contributed by atoms with van der Waals surface area (Å²) in [6.07, 6.45) is 9.46. The number of hydrogen-bond donors (Lipinski definition) is 8. The van der Waals surface area contributed by atoms with Gasteiger partial charge in [-0.2, -0.15) is 5.10 Å². The molecule has 59 heavy (non-hydrogen) atoms. The van der Waals surface area contributed by atoms with Crippen LogP contribution in [0.2, 0.25) is 0 Å². The lowest BCUT2D eigenvalue weighted by molar-refractivity contribution is -0.134. The van der Waals surface area contributed by atoms with Crippen molar-refractivity contribution in [2.24, 2.45) is 0 Å². The number of nitrogens with two attached hydrogens (primary N) is 1. The number of aromatic nitrogens is 4. The number of fused-ring (bicyclic) bond motifs is 1. The molecule has 0 atom stereocenters. The second kappa shape index (κ2) is 23.6. The van der Waals surface area contributed by atoms with Gasteiger partial charge in [0, 0.05) is 74.2 Å². The van der Waals surface area contributed by atoms with Gasteiger partial charge in [0.05, 0.1) is 11.4 Å². The highest BCUT2D eigenvalue weighted by atomic mass is 16.5. The van der Waals surface area contributed by atoms with E-state index in [2.05, 4.69) is 24.9 Å². The Labute approximate surface area is 336 Å². The van der Waals surface area contributed by atoms with Gasteiger partial charge >= 0.3 is 35.8 Å². The first-order chi connectivity index (χ1) is 28.1. The molecular formula is C39H43N7O13. The van der Waals surface area contributed by atoms with Gasteiger partial charge in [0.15, 0.2) is 5.65 Å². The standard InChI is InChI=1S/C27H31N7O.3C4H4O4/c28-26-24-25(19-6-12-23(13-7-19)35-22-4-2-1-3-5-22)32-34(27(24)31-18-30-26)21-10-8-20(9-11-21)33-16-14-29-15-17-33;3*5-3(6)1-2-4(7)8/h1-7,12-13,18,20-21,29H,8-11,14-17H2,(H2,28,30,31);3*1-2H,(H,5,6)(H,7,8)/b;3*2-1-. The van der Waals surface area contributed by atoms with E-state index in [-0.39, 0.29) is 0 Å². The first kappa shape index (κ1) is 45.9. The van der Waals surface area contributed by atoms with Crippen LogP contribution in [0.4, 0.5) is 5.82 Å². The van der Waals surface area contributed by atoms with Crippen LogP contribution >= 0.6 is 0 Å². The SMILES string of the molecule is Nc1ncnc2c1c(-c1ccc(Oc3ccccc3)cc1)nn2C1CCC(N2CCNCC2)CC1.O=C(O)/C=C\C(=O)O.O=C(O)/C=C\C(=O)O.O=C(O)/C=C\C(=O)O. The Morgan fingerprint density at radius 2 is 1.07 bits per heavy atom. The van der Waals surface area contributed by atoms with Gasteiger partial charge in [0.1, 0.15) is 29.3 Å². The second-order valence-electron chi connectivity index (χ2n) is 12.5. The van der Waals surface area contributed by atoms with E-state index < -0.39 is 35.8 Å². The van der Waals surface area contributed by atoms with Crippen LogP contribution in [0.25, 0.3) is 22.3 Å². The smallest absolute Gasteiger partial charge is 0.328 e. The summed E-state index contributed by atoms with van der Waals surface area (Å²) >= 11 is 0. The van der Waals surface area contributed by atoms with Crippen molar-refractivity contribution < 1.29 is 64.1 Å². The average molecular weight is 818 g/mol. The van der Waals surface area contributed by atoms with Gasteiger partial charge in [0.2, 0.25) is 0 Å². The third-order valence-electron chi connectivity index (χ3n) is 8.41. The summed E-state index contributed by atoms with van der Waals surface area (Å²) in [6, 6.07) is 18.8. The maximum absolute atomic E-state index is 9.55. The van der Waals surface area contributed by atoms with Crippen molar-refractivity contribution in [1.82, 2.24) is 30.0 Å². The van der Waals surface area contributed by atoms with Crippen molar-refractivity contribution in [2.75, 3.05) is 31.9 Å². The largest absolute Gasteiger partial charge is 0.478 e. The lowest BCUT2D eigenvalue weighted by Crippen LogP contribution is -2.49. The number of rotatable bonds is 11. The molecule has 3 heterocycles. The third-order valence-corrected chi connectivity index (χ3v) is 8.41. The van der Waals surface area contributed by atoms with Gasteiger partial charge in [-0.3, -0.25) is 4.90 Å². The predicted octanol–water partition coefficient (Wildman–Crippen LogP) is 3.39. The second-order valence-corrected chi connectivity index (χ2v) is 12.5. The molecule has 20 nitrogen and oxygen atoms in total. The highest BCUT2D eigenvalue weighted by Crippen LogP contribution is 2.37. The van der Waals surface area contributed by atoms with Crippen molar-refractivity contribution in [1.29, 1.82) is 0 Å². The van der Waals surface area contributed by atoms with E-state index in [0.717, 1.165) is 72.8 Å². The summed E-state index contributed by atoms with van der Waals surface area (Å²) in [4.78, 5) is 68.9. The van der Waals surface area contributed by atoms with Crippen LogP contribution in [0.5, 0.6) is 11.5 Å². The molecule has 4 aromatic rings. The van der Waals surface area contributed by atoms with E-state index >= 15 is 0 Å². The minimum atomic E-state index is -1.26. The molecule has 1 aliphatic heterocycles. The van der Waals surface area contributed by atoms with Crippen LogP contribution in [0.1, 0.15) is 31.7 Å². The first-order valence-corrected chi connectivity index (χ1v) is 17.8. The number of nitrogens with one attached hydrogen (secondary N) is 1. The van der Waals surface area contributed by atoms with Crippen LogP contribution in [-0.4, -0.2) is 123 Å². The number of anilines is 1. The molecule has 0 amide bonds. The summed E-state index contributed by atoms with van der Waals surface area (Å²) in [7, 11) is 0. The van der Waals surface area contributed by atoms with Crippen molar-refractivity contribution in [3.8, 4) is 22.8 Å². The molecule has 1 aliphatic carbocycles. The number of carboxylic acids is 6. The molecule has 2 fully saturated rings. The number of aliphatic carboxylic acids is 6. The molecule has 1 saturated carbocycles. The van der Waals surface area contributed by atoms with Crippen molar-refractivity contribution in [2.45, 2.75) is 37.8 Å². The Balaban J connectivity index is 0.000000317. The van der Waals surface area contributed by atoms with Gasteiger partial charge in [-0.1, -0.05) is 18.2 Å². The van der Waals surface area contributed by atoms with E-state index in [0.29, 0.717) is 54.4 Å². The number of hydrogen-bond acceptors (Lipinski definition) is 13. The number of piperazine rings is 1. The van der Waals surface area contributed by atoms with Gasteiger partial charge < -0.3 is 46.4 Å². The lowest BCUT2D eigenvalue weighted by Gasteiger charge is -2.39. The number of nitrogens with zero attached hydrogens (tertiary/aromatic N) is 5. The van der Waals surface area contributed by atoms with Crippen LogP contribution < -0.4 is 15.8 Å². The number of carbonyl (C=O) groups is 6. The Morgan fingerprint density at radius 1 is 0.627 bits per heavy atom. The number of para-hydroxylation sites is 1. The zero-order valence-electron chi connectivity index (χ0n) is 31.4. The molecule has 1 saturated heterocycles. The van der Waals surface area contributed by atoms with Crippen molar-refractivity contribution in [3.05, 3.63) is 97.4 Å². The Morgan fingerprint density at radius 3 is 1.53 bits per heavy atom. The Bertz CT molecular complexity index is 2010. The summed E-state index contributed by atoms with van der Waals surface area (Å²) in [6.45, 7) is 4.49. The maximum atomic E-state index is 9.55. The van der Waals surface area contributed by atoms with E-state index in [4.69, 9.17) is 46.2 Å². The average Bonchev–Trinajstić information content (AvgIpc) is 3.61. The van der Waals surface area contributed by atoms with E-state index in [1.165, 1.54) is 12.8 Å². The predicted molar refractivity (Wildman–Crippen MR) is 211 cm³/mol. The normalized spacial score (nSPS) is 16.5. The fourth-order valence-electron chi connectivity index (χ4n) is 5.90. The minimum Gasteiger partial charge on any atom is -0.478 e. The summed E-state index contributed by atoms with van der Waals surface area (Å²) < 4.78 is 8.06. The number of carboxylic acid groups (broad SMARTS) is 6. The van der Waals surface area contributed by atoms with Crippen LogP contribution in [-0.2, 0) is 28.8 Å². The molecular weight excluding hydrogens is 774 g/mol. The third kappa shape index (κ3) is 16.3. The van der Waals surface area contributed by atoms with Gasteiger partial charge in [-0.25, -0.2) is 43.4 Å². The number of nitrogen functional groups attached to an aromatic ring is 1. The highest BCUT2D eigenvalue weighted by molar-refractivity contribution is 5.98. The lowest BCUT2D eigenvalue weighted by atomic mass is 9.90. The molecule has 20 heteroatoms. The zero-order valence-corrected chi connectivity index (χ0v) is 31.4. The highest BCUT2D eigenvalue weighted by Gasteiger charge is 2.30. The monoisotopic (exact) mass is 817 g/mol. The molecule has 0 radical (unpaired) electrons. The molecule has 2 aliphatic rings. The van der Waals surface area contributed by atoms with Crippen LogP contribution in [0.15, 0.2) is 97.4 Å². The first-order valence-electron chi connectivity index (χ1n) is 17.8. The summed E-state index contributed by atoms with van der Waals surface area (Å²) in [5.41, 5.74) is 8.97. The molecule has 6 rings (SSSR count). The quantitative estimate of drug-likeness (QED) is 0.101.